The minimum absolute atomic E-state index is 0.217. The fourth-order valence-electron chi connectivity index (χ4n) is 1.22. The van der Waals surface area contributed by atoms with E-state index in [4.69, 9.17) is 5.26 Å². The first-order valence-electron chi connectivity index (χ1n) is 5.32. The molecular weight excluding hydrogens is 204 g/mol. The van der Waals surface area contributed by atoms with E-state index in [1.165, 1.54) is 12.4 Å². The quantitative estimate of drug-likeness (QED) is 0.778. The van der Waals surface area contributed by atoms with Crippen molar-refractivity contribution in [3.05, 3.63) is 18.1 Å². The lowest BCUT2D eigenvalue weighted by Crippen LogP contribution is -2.26. The molecule has 1 aromatic rings. The lowest BCUT2D eigenvalue weighted by molar-refractivity contribution is 0.126. The summed E-state index contributed by atoms with van der Waals surface area (Å²) in [4.78, 5) is 7.87. The van der Waals surface area contributed by atoms with Crippen LogP contribution in [0, 0.1) is 17.2 Å². The van der Waals surface area contributed by atoms with Crippen LogP contribution in [0.15, 0.2) is 12.4 Å². The van der Waals surface area contributed by atoms with Crippen molar-refractivity contribution in [2.75, 3.05) is 11.9 Å². The van der Waals surface area contributed by atoms with Crippen LogP contribution < -0.4 is 5.32 Å². The van der Waals surface area contributed by atoms with Crippen LogP contribution in [0.1, 0.15) is 26.0 Å². The second-order valence-electron chi connectivity index (χ2n) is 3.70. The van der Waals surface area contributed by atoms with Crippen LogP contribution in [0.25, 0.3) is 0 Å². The van der Waals surface area contributed by atoms with Gasteiger partial charge in [0.2, 0.25) is 0 Å². The van der Waals surface area contributed by atoms with Gasteiger partial charge in [-0.05, 0) is 5.92 Å². The number of aliphatic hydroxyl groups is 1. The highest BCUT2D eigenvalue weighted by Gasteiger charge is 2.13. The van der Waals surface area contributed by atoms with Gasteiger partial charge < -0.3 is 10.4 Å². The van der Waals surface area contributed by atoms with E-state index in [0.29, 0.717) is 12.4 Å². The van der Waals surface area contributed by atoms with Gasteiger partial charge in [-0.2, -0.15) is 5.26 Å². The number of hydrogen-bond acceptors (Lipinski definition) is 5. The highest BCUT2D eigenvalue weighted by molar-refractivity contribution is 5.46. The Hall–Kier alpha value is -1.67. The molecule has 0 bridgehead atoms. The van der Waals surface area contributed by atoms with Gasteiger partial charge in [0.1, 0.15) is 6.07 Å². The van der Waals surface area contributed by atoms with Crippen LogP contribution in [0.2, 0.25) is 0 Å². The van der Waals surface area contributed by atoms with Gasteiger partial charge in [0.25, 0.3) is 0 Å². The molecule has 86 valence electrons. The Kier molecular flexibility index (Phi) is 4.67. The van der Waals surface area contributed by atoms with E-state index in [-0.39, 0.29) is 11.6 Å². The molecule has 0 fully saturated rings. The smallest absolute Gasteiger partial charge is 0.182 e. The molecule has 1 rings (SSSR count). The number of nitriles is 1. The summed E-state index contributed by atoms with van der Waals surface area (Å²) in [5.74, 6) is 0.641. The number of aromatic nitrogens is 2. The van der Waals surface area contributed by atoms with Crippen LogP contribution in [-0.4, -0.2) is 27.7 Å². The highest BCUT2D eigenvalue weighted by atomic mass is 16.3. The highest BCUT2D eigenvalue weighted by Crippen LogP contribution is 2.10. The molecule has 2 N–H and O–H groups in total. The second kappa shape index (κ2) is 6.03. The van der Waals surface area contributed by atoms with Gasteiger partial charge in [-0.3, -0.25) is 0 Å². The molecule has 0 unspecified atom stereocenters. The number of nitrogens with zero attached hydrogens (tertiary/aromatic N) is 3. The van der Waals surface area contributed by atoms with Gasteiger partial charge in [-0.1, -0.05) is 20.3 Å². The Morgan fingerprint density at radius 3 is 2.81 bits per heavy atom. The molecule has 0 saturated heterocycles. The fourth-order valence-corrected chi connectivity index (χ4v) is 1.22. The third-order valence-corrected chi connectivity index (χ3v) is 2.58. The number of hydrogen-bond donors (Lipinski definition) is 2. The molecule has 5 heteroatoms. The third-order valence-electron chi connectivity index (χ3n) is 2.58. The van der Waals surface area contributed by atoms with Crippen molar-refractivity contribution in [3.63, 3.8) is 0 Å². The van der Waals surface area contributed by atoms with Crippen molar-refractivity contribution in [1.82, 2.24) is 9.97 Å². The summed E-state index contributed by atoms with van der Waals surface area (Å²) in [7, 11) is 0. The molecule has 0 saturated carbocycles. The Morgan fingerprint density at radius 2 is 2.19 bits per heavy atom. The maximum absolute atomic E-state index is 9.75. The van der Waals surface area contributed by atoms with Crippen molar-refractivity contribution in [1.29, 1.82) is 5.26 Å². The summed E-state index contributed by atoms with van der Waals surface area (Å²) in [5, 5.41) is 21.5. The predicted octanol–water partition coefficient (Wildman–Crippen LogP) is 1.17. The van der Waals surface area contributed by atoms with Gasteiger partial charge in [0, 0.05) is 18.9 Å². The lowest BCUT2D eigenvalue weighted by atomic mass is 10.0. The average Bonchev–Trinajstić information content (AvgIpc) is 2.35. The van der Waals surface area contributed by atoms with E-state index in [0.717, 1.165) is 6.42 Å². The van der Waals surface area contributed by atoms with Crippen molar-refractivity contribution in [2.45, 2.75) is 26.4 Å². The molecule has 2 atom stereocenters. The number of nitrogens with one attached hydrogen (secondary N) is 1. The van der Waals surface area contributed by atoms with Crippen LogP contribution in [-0.2, 0) is 0 Å². The van der Waals surface area contributed by atoms with E-state index >= 15 is 0 Å². The maximum Gasteiger partial charge on any atom is 0.182 e. The van der Waals surface area contributed by atoms with Crippen molar-refractivity contribution < 1.29 is 5.11 Å². The van der Waals surface area contributed by atoms with Crippen LogP contribution >= 0.6 is 0 Å². The summed E-state index contributed by atoms with van der Waals surface area (Å²) in [5.41, 5.74) is 0.249. The van der Waals surface area contributed by atoms with Crippen LogP contribution in [0.3, 0.4) is 0 Å². The monoisotopic (exact) mass is 220 g/mol. The van der Waals surface area contributed by atoms with E-state index in [2.05, 4.69) is 15.3 Å². The normalized spacial score (nSPS) is 13.9. The van der Waals surface area contributed by atoms with Gasteiger partial charge in [0.15, 0.2) is 11.5 Å². The summed E-state index contributed by atoms with van der Waals surface area (Å²) >= 11 is 0. The van der Waals surface area contributed by atoms with E-state index in [9.17, 15) is 5.11 Å². The predicted molar refractivity (Wildman–Crippen MR) is 60.7 cm³/mol. The van der Waals surface area contributed by atoms with E-state index in [1.54, 1.807) is 0 Å². The standard InChI is InChI=1S/C11H16N4O/c1-3-8(2)10(16)7-15-11-9(6-12)13-4-5-14-11/h4-5,8,10,16H,3,7H2,1-2H3,(H,14,15)/t8-,10+/m0/s1. The first-order chi connectivity index (χ1) is 7.69. The van der Waals surface area contributed by atoms with Crippen molar-refractivity contribution >= 4 is 5.82 Å². The molecule has 1 heterocycles. The molecule has 0 aromatic carbocycles. The second-order valence-corrected chi connectivity index (χ2v) is 3.70. The zero-order valence-electron chi connectivity index (χ0n) is 9.51. The summed E-state index contributed by atoms with van der Waals surface area (Å²) in [6, 6.07) is 1.94. The Labute approximate surface area is 95.2 Å². The zero-order valence-corrected chi connectivity index (χ0v) is 9.51. The topological polar surface area (TPSA) is 81.8 Å². The Morgan fingerprint density at radius 1 is 1.50 bits per heavy atom. The van der Waals surface area contributed by atoms with Gasteiger partial charge in [-0.25, -0.2) is 9.97 Å². The van der Waals surface area contributed by atoms with Crippen molar-refractivity contribution in [3.8, 4) is 6.07 Å². The zero-order chi connectivity index (χ0) is 12.0. The molecule has 5 nitrogen and oxygen atoms in total. The third kappa shape index (κ3) is 3.17. The summed E-state index contributed by atoms with van der Waals surface area (Å²) in [6.45, 7) is 4.38. The van der Waals surface area contributed by atoms with Crippen LogP contribution in [0.4, 0.5) is 5.82 Å². The molecule has 16 heavy (non-hydrogen) atoms. The maximum atomic E-state index is 9.75. The van der Waals surface area contributed by atoms with E-state index in [1.807, 2.05) is 19.9 Å². The largest absolute Gasteiger partial charge is 0.391 e. The first kappa shape index (κ1) is 12.4. The van der Waals surface area contributed by atoms with Gasteiger partial charge in [0.05, 0.1) is 6.10 Å². The molecule has 0 aliphatic heterocycles. The Bertz CT molecular complexity index is 374. The van der Waals surface area contributed by atoms with Crippen LogP contribution in [0.5, 0.6) is 0 Å². The van der Waals surface area contributed by atoms with E-state index < -0.39 is 6.10 Å². The molecular formula is C11H16N4O. The summed E-state index contributed by atoms with van der Waals surface area (Å²) in [6.07, 6.45) is 3.45. The average molecular weight is 220 g/mol. The molecule has 0 radical (unpaired) electrons. The molecule has 0 aliphatic rings. The van der Waals surface area contributed by atoms with Gasteiger partial charge in [-0.15, -0.1) is 0 Å². The minimum atomic E-state index is -0.446. The molecule has 0 amide bonds. The van der Waals surface area contributed by atoms with Gasteiger partial charge >= 0.3 is 0 Å². The number of anilines is 1. The first-order valence-corrected chi connectivity index (χ1v) is 5.32. The number of aliphatic hydroxyl groups excluding tert-OH is 1. The minimum Gasteiger partial charge on any atom is -0.391 e. The Balaban J connectivity index is 2.58. The number of rotatable bonds is 5. The lowest BCUT2D eigenvalue weighted by Gasteiger charge is -2.17. The van der Waals surface area contributed by atoms with Crippen molar-refractivity contribution in [2.24, 2.45) is 5.92 Å². The fraction of sp³-hybridized carbons (Fsp3) is 0.545. The molecule has 0 aliphatic carbocycles. The molecule has 0 spiro atoms. The molecule has 1 aromatic heterocycles. The summed E-state index contributed by atoms with van der Waals surface area (Å²) < 4.78 is 0. The SMILES string of the molecule is CC[C@H](C)[C@H](O)CNc1nccnc1C#N.